The van der Waals surface area contributed by atoms with Crippen LogP contribution in [0.5, 0.6) is 0 Å². The maximum absolute atomic E-state index is 12.0. The summed E-state index contributed by atoms with van der Waals surface area (Å²) in [5.74, 6) is -0.972. The third kappa shape index (κ3) is 4.00. The number of amides is 1. The Labute approximate surface area is 92.6 Å². The summed E-state index contributed by atoms with van der Waals surface area (Å²) in [6, 6.07) is 0. The number of hydrogen-bond acceptors (Lipinski definition) is 2. The molecule has 0 unspecified atom stereocenters. The van der Waals surface area contributed by atoms with Crippen molar-refractivity contribution >= 4 is 5.91 Å². The highest BCUT2D eigenvalue weighted by Crippen LogP contribution is 2.28. The van der Waals surface area contributed by atoms with Crippen LogP contribution in [0.25, 0.3) is 0 Å². The molecule has 16 heavy (non-hydrogen) atoms. The van der Waals surface area contributed by atoms with Crippen LogP contribution < -0.4 is 11.1 Å². The van der Waals surface area contributed by atoms with E-state index in [0.717, 1.165) is 19.3 Å². The van der Waals surface area contributed by atoms with E-state index in [2.05, 4.69) is 5.32 Å². The summed E-state index contributed by atoms with van der Waals surface area (Å²) in [4.78, 5) is 11.2. The van der Waals surface area contributed by atoms with Crippen LogP contribution in [0.1, 0.15) is 38.5 Å². The molecular formula is C10H17F3N2O. The molecule has 0 aromatic rings. The molecular weight excluding hydrogens is 221 g/mol. The van der Waals surface area contributed by atoms with Crippen LogP contribution in [0.2, 0.25) is 0 Å². The Bertz CT molecular complexity index is 247. The van der Waals surface area contributed by atoms with Crippen LogP contribution in [-0.4, -0.2) is 24.2 Å². The van der Waals surface area contributed by atoms with Crippen molar-refractivity contribution in [2.45, 2.75) is 50.2 Å². The van der Waals surface area contributed by atoms with Gasteiger partial charge in [0, 0.05) is 6.54 Å². The number of halogens is 3. The van der Waals surface area contributed by atoms with Crippen molar-refractivity contribution in [1.29, 1.82) is 0 Å². The van der Waals surface area contributed by atoms with Gasteiger partial charge in [-0.2, -0.15) is 13.2 Å². The van der Waals surface area contributed by atoms with E-state index in [9.17, 15) is 18.0 Å². The van der Waals surface area contributed by atoms with E-state index >= 15 is 0 Å². The van der Waals surface area contributed by atoms with Crippen LogP contribution in [0, 0.1) is 0 Å². The standard InChI is InChI=1S/C10H17F3N2O/c11-10(12,13)6-8(16)15-9(7-14)4-2-1-3-5-9/h1-7,14H2,(H,15,16). The third-order valence-electron chi connectivity index (χ3n) is 2.97. The van der Waals surface area contributed by atoms with Crippen molar-refractivity contribution < 1.29 is 18.0 Å². The molecule has 0 saturated heterocycles. The van der Waals surface area contributed by atoms with Gasteiger partial charge in [-0.25, -0.2) is 0 Å². The Kier molecular flexibility index (Phi) is 4.18. The van der Waals surface area contributed by atoms with Crippen LogP contribution in [0.15, 0.2) is 0 Å². The predicted octanol–water partition coefficient (Wildman–Crippen LogP) is 1.72. The van der Waals surface area contributed by atoms with Crippen molar-refractivity contribution in [3.05, 3.63) is 0 Å². The van der Waals surface area contributed by atoms with Crippen LogP contribution >= 0.6 is 0 Å². The number of carbonyl (C=O) groups excluding carboxylic acids is 1. The van der Waals surface area contributed by atoms with Gasteiger partial charge in [0.2, 0.25) is 5.91 Å². The lowest BCUT2D eigenvalue weighted by Crippen LogP contribution is -2.55. The molecule has 1 rings (SSSR count). The monoisotopic (exact) mass is 238 g/mol. The second-order valence-electron chi connectivity index (χ2n) is 4.39. The van der Waals surface area contributed by atoms with Gasteiger partial charge in [0.05, 0.1) is 5.54 Å². The zero-order chi connectivity index (χ0) is 12.2. The molecule has 0 aromatic heterocycles. The molecule has 0 aromatic carbocycles. The lowest BCUT2D eigenvalue weighted by atomic mass is 9.81. The summed E-state index contributed by atoms with van der Waals surface area (Å²) in [6.45, 7) is 0.205. The van der Waals surface area contributed by atoms with Crippen molar-refractivity contribution in [2.24, 2.45) is 5.73 Å². The molecule has 0 spiro atoms. The van der Waals surface area contributed by atoms with Gasteiger partial charge in [-0.3, -0.25) is 4.79 Å². The fourth-order valence-corrected chi connectivity index (χ4v) is 2.13. The first-order valence-electron chi connectivity index (χ1n) is 5.45. The predicted molar refractivity (Wildman–Crippen MR) is 53.7 cm³/mol. The molecule has 1 saturated carbocycles. The van der Waals surface area contributed by atoms with Gasteiger partial charge in [-0.15, -0.1) is 0 Å². The van der Waals surface area contributed by atoms with E-state index in [1.165, 1.54) is 0 Å². The number of nitrogens with two attached hydrogens (primary N) is 1. The van der Waals surface area contributed by atoms with E-state index < -0.39 is 24.0 Å². The average Bonchev–Trinajstić information content (AvgIpc) is 2.16. The van der Waals surface area contributed by atoms with Crippen molar-refractivity contribution in [1.82, 2.24) is 5.32 Å². The third-order valence-corrected chi connectivity index (χ3v) is 2.97. The molecule has 1 aliphatic rings. The molecule has 1 aliphatic carbocycles. The number of alkyl halides is 3. The fourth-order valence-electron chi connectivity index (χ4n) is 2.13. The maximum Gasteiger partial charge on any atom is 0.397 e. The number of hydrogen-bond donors (Lipinski definition) is 2. The average molecular weight is 238 g/mol. The highest BCUT2D eigenvalue weighted by atomic mass is 19.4. The van der Waals surface area contributed by atoms with Crippen molar-refractivity contribution in [3.63, 3.8) is 0 Å². The lowest BCUT2D eigenvalue weighted by molar-refractivity contribution is -0.155. The van der Waals surface area contributed by atoms with Crippen LogP contribution in [-0.2, 0) is 4.79 Å². The molecule has 0 atom stereocenters. The maximum atomic E-state index is 12.0. The molecule has 3 N–H and O–H groups in total. The first kappa shape index (κ1) is 13.3. The molecule has 0 radical (unpaired) electrons. The minimum atomic E-state index is -4.45. The van der Waals surface area contributed by atoms with Gasteiger partial charge >= 0.3 is 6.18 Å². The molecule has 0 bridgehead atoms. The molecule has 1 fully saturated rings. The molecule has 0 heterocycles. The fraction of sp³-hybridized carbons (Fsp3) is 0.900. The van der Waals surface area contributed by atoms with Gasteiger partial charge in [-0.1, -0.05) is 19.3 Å². The first-order chi connectivity index (χ1) is 7.37. The Balaban J connectivity index is 2.52. The zero-order valence-corrected chi connectivity index (χ0v) is 9.07. The lowest BCUT2D eigenvalue weighted by Gasteiger charge is -2.37. The van der Waals surface area contributed by atoms with E-state index in [-0.39, 0.29) is 6.54 Å². The van der Waals surface area contributed by atoms with E-state index in [1.807, 2.05) is 0 Å². The number of rotatable bonds is 3. The normalized spacial score (nSPS) is 20.5. The topological polar surface area (TPSA) is 55.1 Å². The number of carbonyl (C=O) groups is 1. The SMILES string of the molecule is NCC1(NC(=O)CC(F)(F)F)CCCCC1. The van der Waals surface area contributed by atoms with E-state index in [1.54, 1.807) is 0 Å². The van der Waals surface area contributed by atoms with Crippen LogP contribution in [0.4, 0.5) is 13.2 Å². The Morgan fingerprint density at radius 2 is 1.81 bits per heavy atom. The summed E-state index contributed by atoms with van der Waals surface area (Å²) in [6.07, 6.45) is -1.66. The summed E-state index contributed by atoms with van der Waals surface area (Å²) in [5, 5.41) is 2.45. The van der Waals surface area contributed by atoms with Crippen molar-refractivity contribution in [2.75, 3.05) is 6.54 Å². The summed E-state index contributed by atoms with van der Waals surface area (Å²) in [5.41, 5.74) is 4.94. The highest BCUT2D eigenvalue weighted by molar-refractivity contribution is 5.77. The minimum absolute atomic E-state index is 0.205. The molecule has 0 aliphatic heterocycles. The van der Waals surface area contributed by atoms with Gasteiger partial charge in [0.1, 0.15) is 6.42 Å². The summed E-state index contributed by atoms with van der Waals surface area (Å²) >= 11 is 0. The second kappa shape index (κ2) is 5.03. The van der Waals surface area contributed by atoms with Gasteiger partial charge in [0.15, 0.2) is 0 Å². The Morgan fingerprint density at radius 3 is 2.25 bits per heavy atom. The van der Waals surface area contributed by atoms with Gasteiger partial charge < -0.3 is 11.1 Å². The number of nitrogens with one attached hydrogen (secondary N) is 1. The smallest absolute Gasteiger partial charge is 0.349 e. The molecule has 3 nitrogen and oxygen atoms in total. The van der Waals surface area contributed by atoms with Gasteiger partial charge in [0.25, 0.3) is 0 Å². The first-order valence-corrected chi connectivity index (χ1v) is 5.45. The molecule has 6 heteroatoms. The van der Waals surface area contributed by atoms with Crippen molar-refractivity contribution in [3.8, 4) is 0 Å². The Hall–Kier alpha value is -0.780. The zero-order valence-electron chi connectivity index (χ0n) is 9.07. The van der Waals surface area contributed by atoms with Gasteiger partial charge in [-0.05, 0) is 12.8 Å². The van der Waals surface area contributed by atoms with E-state index in [4.69, 9.17) is 5.73 Å². The van der Waals surface area contributed by atoms with E-state index in [0.29, 0.717) is 12.8 Å². The largest absolute Gasteiger partial charge is 0.397 e. The summed E-state index contributed by atoms with van der Waals surface area (Å²) < 4.78 is 36.0. The second-order valence-corrected chi connectivity index (χ2v) is 4.39. The molecule has 1 amide bonds. The Morgan fingerprint density at radius 1 is 1.25 bits per heavy atom. The summed E-state index contributed by atoms with van der Waals surface area (Å²) in [7, 11) is 0. The molecule has 94 valence electrons. The minimum Gasteiger partial charge on any atom is -0.349 e. The quantitative estimate of drug-likeness (QED) is 0.786. The highest BCUT2D eigenvalue weighted by Gasteiger charge is 2.36. The van der Waals surface area contributed by atoms with Crippen LogP contribution in [0.3, 0.4) is 0 Å².